The summed E-state index contributed by atoms with van der Waals surface area (Å²) < 4.78 is 5.00. The molecule has 0 aliphatic carbocycles. The molecule has 0 radical (unpaired) electrons. The molecule has 0 bridgehead atoms. The van der Waals surface area contributed by atoms with E-state index in [0.29, 0.717) is 17.9 Å². The molecule has 114 valence electrons. The lowest BCUT2D eigenvalue weighted by molar-refractivity contribution is -0.139. The highest BCUT2D eigenvalue weighted by molar-refractivity contribution is 8.03. The van der Waals surface area contributed by atoms with Crippen molar-refractivity contribution in [3.8, 4) is 5.40 Å². The Kier molecular flexibility index (Phi) is 12.4. The predicted molar refractivity (Wildman–Crippen MR) is 82.2 cm³/mol. The van der Waals surface area contributed by atoms with Gasteiger partial charge in [0.1, 0.15) is 5.40 Å². The zero-order valence-electron chi connectivity index (χ0n) is 12.3. The Morgan fingerprint density at radius 1 is 1.30 bits per heavy atom. The van der Waals surface area contributed by atoms with E-state index in [2.05, 4.69) is 6.58 Å². The largest absolute Gasteiger partial charge is 0.462 e. The van der Waals surface area contributed by atoms with Crippen LogP contribution < -0.4 is 0 Å². The summed E-state index contributed by atoms with van der Waals surface area (Å²) in [5, 5.41) is 19.8. The van der Waals surface area contributed by atoms with E-state index in [4.69, 9.17) is 10.00 Å². The van der Waals surface area contributed by atoms with Gasteiger partial charge in [-0.05, 0) is 31.5 Å². The van der Waals surface area contributed by atoms with Gasteiger partial charge in [0, 0.05) is 11.3 Å². The molecule has 0 rings (SSSR count). The van der Waals surface area contributed by atoms with Crippen LogP contribution in [0.15, 0.2) is 12.2 Å². The number of carbonyl (C=O) groups excluding carboxylic acids is 1. The molecule has 0 saturated carbocycles. The van der Waals surface area contributed by atoms with Crippen LogP contribution in [0.1, 0.15) is 51.9 Å². The number of thiocyanates is 1. The van der Waals surface area contributed by atoms with Gasteiger partial charge in [0.2, 0.25) is 0 Å². The molecule has 0 heterocycles. The molecule has 0 aromatic heterocycles. The number of nitrogens with zero attached hydrogens (tertiary/aromatic N) is 1. The van der Waals surface area contributed by atoms with E-state index >= 15 is 0 Å². The highest BCUT2D eigenvalue weighted by Crippen LogP contribution is 2.11. The number of aliphatic hydroxyl groups is 1. The van der Waals surface area contributed by atoms with Crippen molar-refractivity contribution in [2.75, 3.05) is 12.4 Å². The highest BCUT2D eigenvalue weighted by atomic mass is 32.2. The third kappa shape index (κ3) is 12.1. The molecule has 1 atom stereocenters. The van der Waals surface area contributed by atoms with Gasteiger partial charge in [-0.3, -0.25) is 0 Å². The first-order valence-electron chi connectivity index (χ1n) is 7.09. The average molecular weight is 299 g/mol. The maximum Gasteiger partial charge on any atom is 0.333 e. The van der Waals surface area contributed by atoms with E-state index < -0.39 is 0 Å². The van der Waals surface area contributed by atoms with Crippen molar-refractivity contribution in [1.82, 2.24) is 0 Å². The molecule has 0 spiro atoms. The summed E-state index contributed by atoms with van der Waals surface area (Å²) in [4.78, 5) is 11.1. The summed E-state index contributed by atoms with van der Waals surface area (Å²) in [5.74, 6) is 0.194. The van der Waals surface area contributed by atoms with Gasteiger partial charge in [-0.25, -0.2) is 4.79 Å². The predicted octanol–water partition coefficient (Wildman–Crippen LogP) is 3.41. The van der Waals surface area contributed by atoms with E-state index in [-0.39, 0.29) is 12.1 Å². The van der Waals surface area contributed by atoms with Crippen LogP contribution in [0.3, 0.4) is 0 Å². The maximum atomic E-state index is 11.1. The van der Waals surface area contributed by atoms with Crippen LogP contribution in [-0.2, 0) is 9.53 Å². The van der Waals surface area contributed by atoms with Gasteiger partial charge in [0.05, 0.1) is 12.7 Å². The van der Waals surface area contributed by atoms with Crippen LogP contribution in [-0.4, -0.2) is 29.5 Å². The Bertz CT molecular complexity index is 326. The van der Waals surface area contributed by atoms with E-state index in [0.717, 1.165) is 56.7 Å². The van der Waals surface area contributed by atoms with Gasteiger partial charge in [-0.1, -0.05) is 38.7 Å². The number of ether oxygens (including phenoxy) is 1. The molecule has 1 unspecified atom stereocenters. The molecule has 0 aromatic carbocycles. The fraction of sp³-hybridized carbons (Fsp3) is 0.733. The molecular formula is C15H25NO3S. The zero-order valence-corrected chi connectivity index (χ0v) is 13.1. The number of esters is 1. The minimum atomic E-state index is -0.360. The molecule has 5 heteroatoms. The lowest BCUT2D eigenvalue weighted by atomic mass is 10.1. The SMILES string of the molecule is C=C(C)C(=O)OCCCCCCCCC(O)CSC#N. The van der Waals surface area contributed by atoms with Crippen LogP contribution >= 0.6 is 11.8 Å². The second-order valence-corrected chi connectivity index (χ2v) is 5.69. The van der Waals surface area contributed by atoms with Crippen molar-refractivity contribution < 1.29 is 14.6 Å². The third-order valence-corrected chi connectivity index (χ3v) is 3.53. The normalized spacial score (nSPS) is 11.7. The quantitative estimate of drug-likeness (QED) is 0.259. The van der Waals surface area contributed by atoms with Crippen molar-refractivity contribution in [3.63, 3.8) is 0 Å². The summed E-state index contributed by atoms with van der Waals surface area (Å²) in [6.45, 7) is 5.64. The number of aliphatic hydroxyl groups excluding tert-OH is 1. The smallest absolute Gasteiger partial charge is 0.333 e. The highest BCUT2D eigenvalue weighted by Gasteiger charge is 2.04. The molecule has 0 aliphatic heterocycles. The van der Waals surface area contributed by atoms with Gasteiger partial charge in [0.25, 0.3) is 0 Å². The van der Waals surface area contributed by atoms with Crippen molar-refractivity contribution in [2.24, 2.45) is 0 Å². The molecule has 4 nitrogen and oxygen atoms in total. The first-order chi connectivity index (χ1) is 9.57. The van der Waals surface area contributed by atoms with Crippen LogP contribution in [0, 0.1) is 10.7 Å². The minimum absolute atomic E-state index is 0.311. The second-order valence-electron chi connectivity index (χ2n) is 4.88. The van der Waals surface area contributed by atoms with Crippen molar-refractivity contribution in [1.29, 1.82) is 5.26 Å². The fourth-order valence-corrected chi connectivity index (χ4v) is 2.13. The number of rotatable bonds is 12. The van der Waals surface area contributed by atoms with Crippen molar-refractivity contribution in [3.05, 3.63) is 12.2 Å². The van der Waals surface area contributed by atoms with Crippen LogP contribution in [0.25, 0.3) is 0 Å². The van der Waals surface area contributed by atoms with Crippen molar-refractivity contribution >= 4 is 17.7 Å². The Morgan fingerprint density at radius 3 is 2.50 bits per heavy atom. The molecule has 0 fully saturated rings. The number of hydrogen-bond donors (Lipinski definition) is 1. The Labute approximate surface area is 126 Å². The van der Waals surface area contributed by atoms with Gasteiger partial charge in [-0.15, -0.1) is 0 Å². The number of carbonyl (C=O) groups is 1. The topological polar surface area (TPSA) is 70.3 Å². The first kappa shape index (κ1) is 19.0. The average Bonchev–Trinajstić information content (AvgIpc) is 2.42. The molecule has 1 N–H and O–H groups in total. The standard InChI is InChI=1S/C15H25NO3S/c1-13(2)15(18)19-10-8-6-4-3-5-7-9-14(17)11-20-12-16/h14,17H,1,3-11H2,2H3. The van der Waals surface area contributed by atoms with Gasteiger partial charge in [-0.2, -0.15) is 5.26 Å². The molecule has 20 heavy (non-hydrogen) atoms. The van der Waals surface area contributed by atoms with E-state index in [1.807, 2.05) is 5.40 Å². The number of thioether (sulfide) groups is 1. The maximum absolute atomic E-state index is 11.1. The Morgan fingerprint density at radius 2 is 1.90 bits per heavy atom. The second kappa shape index (κ2) is 13.0. The summed E-state index contributed by atoms with van der Waals surface area (Å²) in [7, 11) is 0. The van der Waals surface area contributed by atoms with Crippen LogP contribution in [0.4, 0.5) is 0 Å². The minimum Gasteiger partial charge on any atom is -0.462 e. The number of nitriles is 1. The molecular weight excluding hydrogens is 274 g/mol. The number of unbranched alkanes of at least 4 members (excludes halogenated alkanes) is 5. The summed E-state index contributed by atoms with van der Waals surface area (Å²) in [6.07, 6.45) is 6.70. The zero-order chi connectivity index (χ0) is 15.2. The summed E-state index contributed by atoms with van der Waals surface area (Å²) in [6, 6.07) is 0. The van der Waals surface area contributed by atoms with E-state index in [1.165, 1.54) is 0 Å². The Hall–Kier alpha value is -0.990. The van der Waals surface area contributed by atoms with Crippen LogP contribution in [0.5, 0.6) is 0 Å². The van der Waals surface area contributed by atoms with Gasteiger partial charge >= 0.3 is 5.97 Å². The monoisotopic (exact) mass is 299 g/mol. The van der Waals surface area contributed by atoms with E-state index in [9.17, 15) is 9.90 Å². The molecule has 0 aliphatic rings. The lowest BCUT2D eigenvalue weighted by Gasteiger charge is -2.07. The van der Waals surface area contributed by atoms with E-state index in [1.54, 1.807) is 6.92 Å². The molecule has 0 saturated heterocycles. The first-order valence-corrected chi connectivity index (χ1v) is 8.08. The molecule has 0 aromatic rings. The third-order valence-electron chi connectivity index (χ3n) is 2.85. The number of hydrogen-bond acceptors (Lipinski definition) is 5. The van der Waals surface area contributed by atoms with Crippen molar-refractivity contribution in [2.45, 2.75) is 58.0 Å². The molecule has 0 amide bonds. The fourth-order valence-electron chi connectivity index (χ4n) is 1.69. The van der Waals surface area contributed by atoms with Crippen LogP contribution in [0.2, 0.25) is 0 Å². The van der Waals surface area contributed by atoms with Gasteiger partial charge < -0.3 is 9.84 Å². The summed E-state index contributed by atoms with van der Waals surface area (Å²) in [5.41, 5.74) is 0.443. The van der Waals surface area contributed by atoms with Gasteiger partial charge in [0.15, 0.2) is 0 Å². The lowest BCUT2D eigenvalue weighted by Crippen LogP contribution is -2.08. The Balaban J connectivity index is 3.23. The summed E-state index contributed by atoms with van der Waals surface area (Å²) >= 11 is 1.11.